The van der Waals surface area contributed by atoms with Gasteiger partial charge in [0.05, 0.1) is 0 Å². The molecule has 1 aromatic carbocycles. The standard InChI is InChI=1S/C21H26FN3O2/c1-14-12-15(2)25(21(27)23-14)11-10-20(26)24-19-5-3-4-17(19)13-16-6-8-18(22)9-7-16/h6-9,12,17,19H,3-5,10-11,13H2,1-2H3,(H,24,26)/t17-,19-/m0/s1. The summed E-state index contributed by atoms with van der Waals surface area (Å²) in [7, 11) is 0. The number of hydrogen-bond acceptors (Lipinski definition) is 3. The van der Waals surface area contributed by atoms with Gasteiger partial charge in [-0.05, 0) is 62.8 Å². The molecule has 1 aliphatic rings. The predicted molar refractivity (Wildman–Crippen MR) is 102 cm³/mol. The van der Waals surface area contributed by atoms with E-state index in [0.29, 0.717) is 18.2 Å². The molecule has 1 fully saturated rings. The lowest BCUT2D eigenvalue weighted by Gasteiger charge is -2.21. The summed E-state index contributed by atoms with van der Waals surface area (Å²) < 4.78 is 14.6. The molecule has 1 aliphatic carbocycles. The van der Waals surface area contributed by atoms with Gasteiger partial charge in [0.25, 0.3) is 0 Å². The van der Waals surface area contributed by atoms with Crippen molar-refractivity contribution in [3.8, 4) is 0 Å². The van der Waals surface area contributed by atoms with Crippen LogP contribution in [0.1, 0.15) is 42.6 Å². The zero-order valence-corrected chi connectivity index (χ0v) is 15.9. The molecular formula is C21H26FN3O2. The Morgan fingerprint density at radius 2 is 2.00 bits per heavy atom. The van der Waals surface area contributed by atoms with Crippen LogP contribution in [0.5, 0.6) is 0 Å². The van der Waals surface area contributed by atoms with Crippen LogP contribution >= 0.6 is 0 Å². The largest absolute Gasteiger partial charge is 0.353 e. The molecule has 144 valence electrons. The Bertz CT molecular complexity index is 861. The lowest BCUT2D eigenvalue weighted by atomic mass is 9.94. The number of hydrogen-bond donors (Lipinski definition) is 1. The summed E-state index contributed by atoms with van der Waals surface area (Å²) in [5.74, 6) is 0.0916. The van der Waals surface area contributed by atoms with E-state index in [4.69, 9.17) is 0 Å². The van der Waals surface area contributed by atoms with Gasteiger partial charge >= 0.3 is 5.69 Å². The molecule has 1 amide bonds. The van der Waals surface area contributed by atoms with E-state index in [1.165, 1.54) is 16.7 Å². The van der Waals surface area contributed by atoms with E-state index >= 15 is 0 Å². The molecule has 5 nitrogen and oxygen atoms in total. The SMILES string of the molecule is Cc1cc(C)n(CCC(=O)N[C@H]2CCC[C@H]2Cc2ccc(F)cc2)c(=O)n1. The molecule has 0 bridgehead atoms. The topological polar surface area (TPSA) is 64.0 Å². The molecular weight excluding hydrogens is 345 g/mol. The Balaban J connectivity index is 1.55. The Kier molecular flexibility index (Phi) is 6.04. The van der Waals surface area contributed by atoms with E-state index in [1.807, 2.05) is 25.1 Å². The third-order valence-corrected chi connectivity index (χ3v) is 5.33. The first-order chi connectivity index (χ1) is 12.9. The monoisotopic (exact) mass is 371 g/mol. The Labute approximate surface area is 158 Å². The Morgan fingerprint density at radius 3 is 2.70 bits per heavy atom. The summed E-state index contributed by atoms with van der Waals surface area (Å²) in [5, 5.41) is 3.13. The van der Waals surface area contributed by atoms with Crippen molar-refractivity contribution in [2.45, 2.75) is 58.5 Å². The lowest BCUT2D eigenvalue weighted by Crippen LogP contribution is -2.39. The molecule has 1 N–H and O–H groups in total. The van der Waals surface area contributed by atoms with Crippen molar-refractivity contribution in [3.05, 3.63) is 63.6 Å². The van der Waals surface area contributed by atoms with Crippen molar-refractivity contribution in [2.75, 3.05) is 0 Å². The smallest absolute Gasteiger partial charge is 0.347 e. The lowest BCUT2D eigenvalue weighted by molar-refractivity contribution is -0.122. The molecule has 27 heavy (non-hydrogen) atoms. The highest BCUT2D eigenvalue weighted by Crippen LogP contribution is 2.29. The summed E-state index contributed by atoms with van der Waals surface area (Å²) in [4.78, 5) is 28.3. The summed E-state index contributed by atoms with van der Waals surface area (Å²) in [6.07, 6.45) is 4.19. The van der Waals surface area contributed by atoms with Crippen LogP contribution in [0, 0.1) is 25.6 Å². The van der Waals surface area contributed by atoms with Gasteiger partial charge in [0.15, 0.2) is 0 Å². The fourth-order valence-corrected chi connectivity index (χ4v) is 3.93. The quantitative estimate of drug-likeness (QED) is 0.849. The van der Waals surface area contributed by atoms with Gasteiger partial charge in [-0.2, -0.15) is 4.98 Å². The maximum absolute atomic E-state index is 13.1. The molecule has 6 heteroatoms. The minimum Gasteiger partial charge on any atom is -0.353 e. The maximum Gasteiger partial charge on any atom is 0.347 e. The number of nitrogens with zero attached hydrogens (tertiary/aromatic N) is 2. The van der Waals surface area contributed by atoms with E-state index in [-0.39, 0.29) is 29.9 Å². The van der Waals surface area contributed by atoms with Crippen molar-refractivity contribution >= 4 is 5.91 Å². The summed E-state index contributed by atoms with van der Waals surface area (Å²) >= 11 is 0. The van der Waals surface area contributed by atoms with Crippen LogP contribution in [-0.4, -0.2) is 21.5 Å². The molecule has 2 aromatic rings. The normalized spacial score (nSPS) is 19.2. The summed E-state index contributed by atoms with van der Waals surface area (Å²) in [6, 6.07) is 8.56. The second kappa shape index (κ2) is 8.46. The molecule has 0 spiro atoms. The first-order valence-electron chi connectivity index (χ1n) is 9.51. The molecule has 3 rings (SSSR count). The fraction of sp³-hybridized carbons (Fsp3) is 0.476. The van der Waals surface area contributed by atoms with Crippen molar-refractivity contribution < 1.29 is 9.18 Å². The number of carbonyl (C=O) groups is 1. The molecule has 0 saturated heterocycles. The number of aromatic nitrogens is 2. The number of rotatable bonds is 6. The van der Waals surface area contributed by atoms with Gasteiger partial charge in [-0.3, -0.25) is 9.36 Å². The van der Waals surface area contributed by atoms with E-state index in [1.54, 1.807) is 6.92 Å². The van der Waals surface area contributed by atoms with E-state index in [9.17, 15) is 14.0 Å². The van der Waals surface area contributed by atoms with E-state index < -0.39 is 0 Å². The van der Waals surface area contributed by atoms with Crippen LogP contribution in [0.15, 0.2) is 35.1 Å². The van der Waals surface area contributed by atoms with Gasteiger partial charge < -0.3 is 5.32 Å². The first-order valence-corrected chi connectivity index (χ1v) is 9.51. The molecule has 0 radical (unpaired) electrons. The summed E-state index contributed by atoms with van der Waals surface area (Å²) in [5.41, 5.74) is 2.29. The fourth-order valence-electron chi connectivity index (χ4n) is 3.93. The third kappa shape index (κ3) is 5.02. The zero-order chi connectivity index (χ0) is 19.4. The number of carbonyl (C=O) groups excluding carboxylic acids is 1. The van der Waals surface area contributed by atoms with Crippen molar-refractivity contribution in [1.29, 1.82) is 0 Å². The van der Waals surface area contributed by atoms with Gasteiger partial charge in [-0.1, -0.05) is 18.6 Å². The molecule has 1 aromatic heterocycles. The van der Waals surface area contributed by atoms with Crippen LogP contribution in [0.4, 0.5) is 4.39 Å². The van der Waals surface area contributed by atoms with E-state index in [0.717, 1.165) is 36.9 Å². The first kappa shape index (κ1) is 19.3. The Morgan fingerprint density at radius 1 is 1.26 bits per heavy atom. The van der Waals surface area contributed by atoms with Gasteiger partial charge in [0.2, 0.25) is 5.91 Å². The van der Waals surface area contributed by atoms with Crippen LogP contribution in [0.25, 0.3) is 0 Å². The van der Waals surface area contributed by atoms with Crippen molar-refractivity contribution in [2.24, 2.45) is 5.92 Å². The number of halogens is 1. The highest BCUT2D eigenvalue weighted by atomic mass is 19.1. The van der Waals surface area contributed by atoms with Gasteiger partial charge in [0.1, 0.15) is 5.82 Å². The number of aryl methyl sites for hydroxylation is 2. The number of amides is 1. The Hall–Kier alpha value is -2.50. The van der Waals surface area contributed by atoms with Gasteiger partial charge in [0, 0.05) is 30.4 Å². The minimum absolute atomic E-state index is 0.0436. The second-order valence-electron chi connectivity index (χ2n) is 7.42. The van der Waals surface area contributed by atoms with Crippen LogP contribution in [0.2, 0.25) is 0 Å². The molecule has 0 aliphatic heterocycles. The van der Waals surface area contributed by atoms with Crippen LogP contribution < -0.4 is 11.0 Å². The van der Waals surface area contributed by atoms with Gasteiger partial charge in [-0.15, -0.1) is 0 Å². The molecule has 1 heterocycles. The zero-order valence-electron chi connectivity index (χ0n) is 15.9. The average Bonchev–Trinajstić information content (AvgIpc) is 3.02. The number of benzene rings is 1. The third-order valence-electron chi connectivity index (χ3n) is 5.33. The highest BCUT2D eigenvalue weighted by molar-refractivity contribution is 5.76. The molecule has 2 atom stereocenters. The highest BCUT2D eigenvalue weighted by Gasteiger charge is 2.28. The predicted octanol–water partition coefficient (Wildman–Crippen LogP) is 2.92. The number of nitrogens with one attached hydrogen (secondary N) is 1. The van der Waals surface area contributed by atoms with Crippen molar-refractivity contribution in [3.63, 3.8) is 0 Å². The molecule has 0 unspecified atom stereocenters. The van der Waals surface area contributed by atoms with Crippen LogP contribution in [0.3, 0.4) is 0 Å². The van der Waals surface area contributed by atoms with Crippen molar-refractivity contribution in [1.82, 2.24) is 14.9 Å². The van der Waals surface area contributed by atoms with Gasteiger partial charge in [-0.25, -0.2) is 9.18 Å². The van der Waals surface area contributed by atoms with E-state index in [2.05, 4.69) is 10.3 Å². The average molecular weight is 371 g/mol. The van der Waals surface area contributed by atoms with Crippen LogP contribution in [-0.2, 0) is 17.8 Å². The molecule has 1 saturated carbocycles. The maximum atomic E-state index is 13.1. The summed E-state index contributed by atoms with van der Waals surface area (Å²) in [6.45, 7) is 3.97. The minimum atomic E-state index is -0.310. The second-order valence-corrected chi connectivity index (χ2v) is 7.42.